The number of rotatable bonds is 6. The number of fused-ring (bicyclic) bond motifs is 1. The predicted molar refractivity (Wildman–Crippen MR) is 73.7 cm³/mol. The first-order valence-corrected chi connectivity index (χ1v) is 6.58. The number of nitrogens with zero attached hydrogens (tertiary/aromatic N) is 2. The van der Waals surface area contributed by atoms with Crippen LogP contribution in [0.1, 0.15) is 16.8 Å². The van der Waals surface area contributed by atoms with Gasteiger partial charge in [-0.1, -0.05) is 6.07 Å². The van der Waals surface area contributed by atoms with Gasteiger partial charge in [-0.15, -0.1) is 11.6 Å². The molecule has 6 heteroatoms. The number of methoxy groups -OCH3 is 1. The topological polar surface area (TPSA) is 55.6 Å². The first-order chi connectivity index (χ1) is 9.26. The average molecular weight is 282 g/mol. The monoisotopic (exact) mass is 281 g/mol. The highest BCUT2D eigenvalue weighted by molar-refractivity contribution is 6.18. The molecule has 1 N–H and O–H groups in total. The third kappa shape index (κ3) is 3.24. The Balaban J connectivity index is 2.10. The summed E-state index contributed by atoms with van der Waals surface area (Å²) in [5.41, 5.74) is 1.33. The second-order valence-electron chi connectivity index (χ2n) is 4.19. The zero-order valence-electron chi connectivity index (χ0n) is 10.7. The SMILES string of the molecule is COCCC(CCl)NC(=O)c1cnn2ccccc12. The fourth-order valence-electron chi connectivity index (χ4n) is 1.82. The van der Waals surface area contributed by atoms with E-state index in [9.17, 15) is 4.79 Å². The number of pyridine rings is 1. The maximum absolute atomic E-state index is 12.2. The molecular weight excluding hydrogens is 266 g/mol. The molecule has 0 aliphatic carbocycles. The Morgan fingerprint density at radius 3 is 3.16 bits per heavy atom. The van der Waals surface area contributed by atoms with Crippen LogP contribution in [0.2, 0.25) is 0 Å². The summed E-state index contributed by atoms with van der Waals surface area (Å²) in [6.07, 6.45) is 4.05. The van der Waals surface area contributed by atoms with Gasteiger partial charge in [0.15, 0.2) is 0 Å². The van der Waals surface area contributed by atoms with Crippen molar-refractivity contribution in [3.05, 3.63) is 36.2 Å². The summed E-state index contributed by atoms with van der Waals surface area (Å²) in [5, 5.41) is 7.02. The van der Waals surface area contributed by atoms with E-state index in [1.54, 1.807) is 24.0 Å². The van der Waals surface area contributed by atoms with Crippen molar-refractivity contribution in [2.24, 2.45) is 0 Å². The van der Waals surface area contributed by atoms with Crippen LogP contribution in [0.15, 0.2) is 30.6 Å². The zero-order valence-corrected chi connectivity index (χ0v) is 11.4. The van der Waals surface area contributed by atoms with Crippen LogP contribution < -0.4 is 5.32 Å². The lowest BCUT2D eigenvalue weighted by molar-refractivity contribution is 0.0932. The van der Waals surface area contributed by atoms with E-state index in [2.05, 4.69) is 10.4 Å². The Morgan fingerprint density at radius 2 is 2.42 bits per heavy atom. The lowest BCUT2D eigenvalue weighted by Crippen LogP contribution is -2.36. The van der Waals surface area contributed by atoms with Crippen molar-refractivity contribution in [2.45, 2.75) is 12.5 Å². The van der Waals surface area contributed by atoms with Crippen molar-refractivity contribution in [1.29, 1.82) is 0 Å². The van der Waals surface area contributed by atoms with Crippen LogP contribution in [0, 0.1) is 0 Å². The molecule has 102 valence electrons. The van der Waals surface area contributed by atoms with E-state index in [-0.39, 0.29) is 11.9 Å². The molecule has 0 radical (unpaired) electrons. The molecule has 0 spiro atoms. The van der Waals surface area contributed by atoms with E-state index in [4.69, 9.17) is 16.3 Å². The molecule has 1 amide bonds. The Bertz CT molecular complexity index is 556. The molecule has 1 atom stereocenters. The molecule has 0 aliphatic heterocycles. The summed E-state index contributed by atoms with van der Waals surface area (Å²) in [5.74, 6) is 0.192. The van der Waals surface area contributed by atoms with Crippen molar-refractivity contribution < 1.29 is 9.53 Å². The van der Waals surface area contributed by atoms with Gasteiger partial charge in [-0.05, 0) is 18.6 Å². The summed E-state index contributed by atoms with van der Waals surface area (Å²) in [6, 6.07) is 5.49. The Kier molecular flexibility index (Phi) is 4.76. The van der Waals surface area contributed by atoms with Gasteiger partial charge in [-0.3, -0.25) is 4.79 Å². The molecule has 2 aromatic heterocycles. The van der Waals surface area contributed by atoms with Crippen molar-refractivity contribution in [3.63, 3.8) is 0 Å². The Labute approximate surface area is 116 Å². The summed E-state index contributed by atoms with van der Waals surface area (Å²) in [6.45, 7) is 0.562. The molecule has 2 aromatic rings. The second kappa shape index (κ2) is 6.54. The van der Waals surface area contributed by atoms with Crippen LogP contribution in [-0.2, 0) is 4.74 Å². The molecule has 1 unspecified atom stereocenters. The number of carbonyl (C=O) groups is 1. The van der Waals surface area contributed by atoms with Gasteiger partial charge in [0.05, 0.1) is 17.3 Å². The smallest absolute Gasteiger partial charge is 0.255 e. The molecule has 0 saturated heterocycles. The molecule has 0 fully saturated rings. The normalized spacial score (nSPS) is 12.5. The lowest BCUT2D eigenvalue weighted by Gasteiger charge is -2.15. The Hall–Kier alpha value is -1.59. The van der Waals surface area contributed by atoms with E-state index in [0.717, 1.165) is 5.52 Å². The van der Waals surface area contributed by atoms with Gasteiger partial charge in [0.2, 0.25) is 0 Å². The van der Waals surface area contributed by atoms with E-state index in [1.165, 1.54) is 0 Å². The maximum atomic E-state index is 12.2. The van der Waals surface area contributed by atoms with Gasteiger partial charge in [0, 0.05) is 31.8 Å². The fraction of sp³-hybridized carbons (Fsp3) is 0.385. The summed E-state index contributed by atoms with van der Waals surface area (Å²) >= 11 is 5.84. The molecular formula is C13H16ClN3O2. The largest absolute Gasteiger partial charge is 0.385 e. The number of amides is 1. The number of aromatic nitrogens is 2. The summed E-state index contributed by atoms with van der Waals surface area (Å²) < 4.78 is 6.66. The molecule has 0 aliphatic rings. The highest BCUT2D eigenvalue weighted by Crippen LogP contribution is 2.10. The van der Waals surface area contributed by atoms with Gasteiger partial charge in [-0.2, -0.15) is 5.10 Å². The minimum absolute atomic E-state index is 0.104. The van der Waals surface area contributed by atoms with E-state index in [1.807, 2.05) is 18.2 Å². The van der Waals surface area contributed by atoms with Crippen LogP contribution in [0.25, 0.3) is 5.52 Å². The number of hydrogen-bond donors (Lipinski definition) is 1. The number of halogens is 1. The number of ether oxygens (including phenoxy) is 1. The van der Waals surface area contributed by atoms with Crippen LogP contribution in [-0.4, -0.2) is 41.2 Å². The van der Waals surface area contributed by atoms with Crippen molar-refractivity contribution in [1.82, 2.24) is 14.9 Å². The highest BCUT2D eigenvalue weighted by atomic mass is 35.5. The average Bonchev–Trinajstić information content (AvgIpc) is 2.87. The zero-order chi connectivity index (χ0) is 13.7. The van der Waals surface area contributed by atoms with Gasteiger partial charge >= 0.3 is 0 Å². The third-order valence-electron chi connectivity index (χ3n) is 2.86. The van der Waals surface area contributed by atoms with Crippen LogP contribution >= 0.6 is 11.6 Å². The van der Waals surface area contributed by atoms with Crippen LogP contribution in [0.3, 0.4) is 0 Å². The standard InChI is InChI=1S/C13H16ClN3O2/c1-19-7-5-10(8-14)16-13(18)11-9-15-17-6-3-2-4-12(11)17/h2-4,6,9-10H,5,7-8H2,1H3,(H,16,18). The number of hydrogen-bond acceptors (Lipinski definition) is 3. The van der Waals surface area contributed by atoms with E-state index in [0.29, 0.717) is 24.5 Å². The summed E-state index contributed by atoms with van der Waals surface area (Å²) in [7, 11) is 1.62. The van der Waals surface area contributed by atoms with Crippen molar-refractivity contribution in [3.8, 4) is 0 Å². The predicted octanol–water partition coefficient (Wildman–Crippen LogP) is 1.71. The molecule has 5 nitrogen and oxygen atoms in total. The van der Waals surface area contributed by atoms with Gasteiger partial charge in [0.25, 0.3) is 5.91 Å². The number of alkyl halides is 1. The third-order valence-corrected chi connectivity index (χ3v) is 3.24. The first kappa shape index (κ1) is 13.8. The van der Waals surface area contributed by atoms with Gasteiger partial charge < -0.3 is 10.1 Å². The minimum Gasteiger partial charge on any atom is -0.385 e. The number of nitrogens with one attached hydrogen (secondary N) is 1. The van der Waals surface area contributed by atoms with E-state index < -0.39 is 0 Å². The van der Waals surface area contributed by atoms with Gasteiger partial charge in [-0.25, -0.2) is 4.52 Å². The highest BCUT2D eigenvalue weighted by Gasteiger charge is 2.16. The molecule has 2 heterocycles. The maximum Gasteiger partial charge on any atom is 0.255 e. The molecule has 2 rings (SSSR count). The van der Waals surface area contributed by atoms with Crippen molar-refractivity contribution in [2.75, 3.05) is 19.6 Å². The molecule has 0 saturated carbocycles. The quantitative estimate of drug-likeness (QED) is 0.820. The lowest BCUT2D eigenvalue weighted by atomic mass is 10.2. The van der Waals surface area contributed by atoms with Crippen LogP contribution in [0.5, 0.6) is 0 Å². The number of carbonyl (C=O) groups excluding carboxylic acids is 1. The second-order valence-corrected chi connectivity index (χ2v) is 4.50. The molecule has 0 aromatic carbocycles. The van der Waals surface area contributed by atoms with Gasteiger partial charge in [0.1, 0.15) is 0 Å². The first-order valence-electron chi connectivity index (χ1n) is 6.04. The molecule has 0 bridgehead atoms. The van der Waals surface area contributed by atoms with E-state index >= 15 is 0 Å². The molecule has 19 heavy (non-hydrogen) atoms. The van der Waals surface area contributed by atoms with Crippen molar-refractivity contribution >= 4 is 23.0 Å². The Morgan fingerprint density at radius 1 is 1.58 bits per heavy atom. The van der Waals surface area contributed by atoms with Crippen LogP contribution in [0.4, 0.5) is 0 Å². The summed E-state index contributed by atoms with van der Waals surface area (Å²) in [4.78, 5) is 12.2. The fourth-order valence-corrected chi connectivity index (χ4v) is 2.05. The minimum atomic E-state index is -0.164.